The summed E-state index contributed by atoms with van der Waals surface area (Å²) in [6.45, 7) is 8.77. The van der Waals surface area contributed by atoms with Crippen molar-refractivity contribution in [3.8, 4) is 11.5 Å². The Morgan fingerprint density at radius 3 is 2.88 bits per heavy atom. The van der Waals surface area contributed by atoms with Crippen LogP contribution in [0, 0.1) is 0 Å². The predicted octanol–water partition coefficient (Wildman–Crippen LogP) is 3.65. The summed E-state index contributed by atoms with van der Waals surface area (Å²) in [4.78, 5) is 11.7. The molecule has 3 heterocycles. The number of hydrogen-bond donors (Lipinski definition) is 1. The van der Waals surface area contributed by atoms with Crippen molar-refractivity contribution in [1.29, 1.82) is 0 Å². The number of ether oxygens (including phenoxy) is 2. The van der Waals surface area contributed by atoms with Crippen LogP contribution in [-0.4, -0.2) is 66.1 Å². The molecule has 2 aliphatic heterocycles. The third-order valence-electron chi connectivity index (χ3n) is 5.63. The minimum Gasteiger partial charge on any atom is -0.375 e. The van der Waals surface area contributed by atoms with Crippen LogP contribution in [0.5, 0.6) is 0 Å². The van der Waals surface area contributed by atoms with E-state index in [0.717, 1.165) is 74.8 Å². The third-order valence-corrected chi connectivity index (χ3v) is 5.63. The maximum absolute atomic E-state index is 5.99. The number of aliphatic imine (C=N–C) groups is 1. The zero-order chi connectivity index (χ0) is 21.5. The van der Waals surface area contributed by atoms with Gasteiger partial charge in [0.25, 0.3) is 5.89 Å². The number of nitrogens with zero attached hydrogens (tertiary/aromatic N) is 4. The van der Waals surface area contributed by atoms with Crippen molar-refractivity contribution in [2.75, 3.05) is 32.8 Å². The Kier molecular flexibility index (Phi) is 9.73. The Hall–Kier alpha value is -1.72. The number of benzene rings is 1. The third kappa shape index (κ3) is 6.41. The van der Waals surface area contributed by atoms with Gasteiger partial charge in [-0.3, -0.25) is 0 Å². The van der Waals surface area contributed by atoms with E-state index in [1.165, 1.54) is 0 Å². The molecule has 9 heteroatoms. The fourth-order valence-electron chi connectivity index (χ4n) is 4.08. The second-order valence-electron chi connectivity index (χ2n) is 8.04. The molecule has 1 aromatic carbocycles. The second-order valence-corrected chi connectivity index (χ2v) is 8.04. The van der Waals surface area contributed by atoms with E-state index in [0.29, 0.717) is 19.0 Å². The van der Waals surface area contributed by atoms with Crippen molar-refractivity contribution in [1.82, 2.24) is 20.4 Å². The van der Waals surface area contributed by atoms with Gasteiger partial charge in [0.1, 0.15) is 6.10 Å². The van der Waals surface area contributed by atoms with E-state index in [1.54, 1.807) is 0 Å². The molecule has 2 atom stereocenters. The topological polar surface area (TPSA) is 85.0 Å². The second kappa shape index (κ2) is 12.5. The lowest BCUT2D eigenvalue weighted by molar-refractivity contribution is -0.0817. The lowest BCUT2D eigenvalue weighted by atomic mass is 10.1. The Labute approximate surface area is 207 Å². The van der Waals surface area contributed by atoms with E-state index >= 15 is 0 Å². The van der Waals surface area contributed by atoms with Gasteiger partial charge in [0.15, 0.2) is 11.8 Å². The van der Waals surface area contributed by atoms with Gasteiger partial charge in [0.05, 0.1) is 19.3 Å². The molecule has 4 rings (SSSR count). The molecule has 32 heavy (non-hydrogen) atoms. The molecule has 1 N–H and O–H groups in total. The SMILES string of the molecule is CCCc1noc(-c2cccc(CN=C(NCC)N3CCOC(C4CCCO4)C3)c2)n1.I. The van der Waals surface area contributed by atoms with Crippen LogP contribution >= 0.6 is 24.0 Å². The summed E-state index contributed by atoms with van der Waals surface area (Å²) in [6, 6.07) is 8.16. The molecule has 2 aromatic rings. The van der Waals surface area contributed by atoms with Crippen LogP contribution in [0.2, 0.25) is 0 Å². The van der Waals surface area contributed by atoms with Gasteiger partial charge in [-0.2, -0.15) is 4.98 Å². The Morgan fingerprint density at radius 2 is 2.09 bits per heavy atom. The van der Waals surface area contributed by atoms with Crippen molar-refractivity contribution in [3.63, 3.8) is 0 Å². The maximum Gasteiger partial charge on any atom is 0.257 e. The first-order valence-electron chi connectivity index (χ1n) is 11.4. The number of guanidine groups is 1. The number of morpholine rings is 1. The zero-order valence-electron chi connectivity index (χ0n) is 19.0. The van der Waals surface area contributed by atoms with E-state index < -0.39 is 0 Å². The summed E-state index contributed by atoms with van der Waals surface area (Å²) in [7, 11) is 0. The van der Waals surface area contributed by atoms with Gasteiger partial charge in [-0.25, -0.2) is 4.99 Å². The highest BCUT2D eigenvalue weighted by atomic mass is 127. The molecule has 0 radical (unpaired) electrons. The summed E-state index contributed by atoms with van der Waals surface area (Å²) in [6.07, 6.45) is 4.33. The van der Waals surface area contributed by atoms with Gasteiger partial charge in [-0.05, 0) is 43.9 Å². The van der Waals surface area contributed by atoms with Crippen molar-refractivity contribution in [3.05, 3.63) is 35.7 Å². The van der Waals surface area contributed by atoms with E-state index in [4.69, 9.17) is 19.0 Å². The minimum absolute atomic E-state index is 0. The number of halogens is 1. The lowest BCUT2D eigenvalue weighted by Crippen LogP contribution is -2.53. The highest BCUT2D eigenvalue weighted by Gasteiger charge is 2.32. The summed E-state index contributed by atoms with van der Waals surface area (Å²) in [5.74, 6) is 2.24. The highest BCUT2D eigenvalue weighted by Crippen LogP contribution is 2.22. The number of hydrogen-bond acceptors (Lipinski definition) is 6. The van der Waals surface area contributed by atoms with Crippen molar-refractivity contribution >= 4 is 29.9 Å². The maximum atomic E-state index is 5.99. The van der Waals surface area contributed by atoms with Gasteiger partial charge in [-0.15, -0.1) is 24.0 Å². The molecular formula is C23H34IN5O3. The van der Waals surface area contributed by atoms with Gasteiger partial charge < -0.3 is 24.2 Å². The minimum atomic E-state index is 0. The largest absolute Gasteiger partial charge is 0.375 e. The molecule has 0 amide bonds. The standard InChI is InChI=1S/C23H33N5O3.HI/c1-3-7-21-26-22(31-27-21)18-9-5-8-17(14-18)15-25-23(24-4-2)28-11-13-30-20(16-28)19-10-6-12-29-19;/h5,8-9,14,19-20H,3-4,6-7,10-13,15-16H2,1-2H3,(H,24,25);1H. The van der Waals surface area contributed by atoms with Crippen LogP contribution in [-0.2, 0) is 22.4 Å². The molecule has 1 aromatic heterocycles. The molecule has 0 spiro atoms. The van der Waals surface area contributed by atoms with Crippen LogP contribution in [0.4, 0.5) is 0 Å². The zero-order valence-corrected chi connectivity index (χ0v) is 21.3. The van der Waals surface area contributed by atoms with E-state index in [2.05, 4.69) is 46.3 Å². The first kappa shape index (κ1) is 24.9. The molecular weight excluding hydrogens is 521 g/mol. The number of rotatable bonds is 7. The molecule has 0 saturated carbocycles. The van der Waals surface area contributed by atoms with Gasteiger partial charge in [0, 0.05) is 38.2 Å². The Bertz CT molecular complexity index is 869. The van der Waals surface area contributed by atoms with Crippen molar-refractivity contribution in [2.45, 2.75) is 58.3 Å². The fraction of sp³-hybridized carbons (Fsp3) is 0.609. The quantitative estimate of drug-likeness (QED) is 0.317. The number of aryl methyl sites for hydroxylation is 1. The van der Waals surface area contributed by atoms with E-state index in [9.17, 15) is 0 Å². The smallest absolute Gasteiger partial charge is 0.257 e. The first-order chi connectivity index (χ1) is 15.3. The fourth-order valence-corrected chi connectivity index (χ4v) is 4.08. The summed E-state index contributed by atoms with van der Waals surface area (Å²) >= 11 is 0. The molecule has 2 aliphatic rings. The van der Waals surface area contributed by atoms with Gasteiger partial charge in [-0.1, -0.05) is 24.2 Å². The molecule has 2 unspecified atom stereocenters. The Morgan fingerprint density at radius 1 is 1.22 bits per heavy atom. The summed E-state index contributed by atoms with van der Waals surface area (Å²) in [5, 5.41) is 7.50. The van der Waals surface area contributed by atoms with Crippen LogP contribution in [0.25, 0.3) is 11.5 Å². The van der Waals surface area contributed by atoms with Gasteiger partial charge >= 0.3 is 0 Å². The summed E-state index contributed by atoms with van der Waals surface area (Å²) < 4.78 is 17.3. The summed E-state index contributed by atoms with van der Waals surface area (Å²) in [5.41, 5.74) is 2.03. The predicted molar refractivity (Wildman–Crippen MR) is 134 cm³/mol. The van der Waals surface area contributed by atoms with E-state index in [-0.39, 0.29) is 36.2 Å². The van der Waals surface area contributed by atoms with Crippen LogP contribution in [0.15, 0.2) is 33.8 Å². The van der Waals surface area contributed by atoms with Crippen LogP contribution in [0.1, 0.15) is 44.5 Å². The Balaban J connectivity index is 0.00000289. The molecule has 0 bridgehead atoms. The molecule has 8 nitrogen and oxygen atoms in total. The average molecular weight is 555 g/mol. The monoisotopic (exact) mass is 555 g/mol. The molecule has 176 valence electrons. The lowest BCUT2D eigenvalue weighted by Gasteiger charge is -2.37. The van der Waals surface area contributed by atoms with Gasteiger partial charge in [0.2, 0.25) is 0 Å². The van der Waals surface area contributed by atoms with Crippen LogP contribution < -0.4 is 5.32 Å². The van der Waals surface area contributed by atoms with Crippen molar-refractivity contribution in [2.24, 2.45) is 4.99 Å². The first-order valence-corrected chi connectivity index (χ1v) is 11.4. The highest BCUT2D eigenvalue weighted by molar-refractivity contribution is 14.0. The average Bonchev–Trinajstić information content (AvgIpc) is 3.50. The van der Waals surface area contributed by atoms with E-state index in [1.807, 2.05) is 12.1 Å². The number of nitrogens with one attached hydrogen (secondary N) is 1. The number of aromatic nitrogens is 2. The van der Waals surface area contributed by atoms with Crippen LogP contribution in [0.3, 0.4) is 0 Å². The molecule has 2 saturated heterocycles. The van der Waals surface area contributed by atoms with Crippen molar-refractivity contribution < 1.29 is 14.0 Å². The molecule has 2 fully saturated rings. The normalized spacial score (nSPS) is 21.4. The molecule has 0 aliphatic carbocycles.